The molecule has 0 radical (unpaired) electrons. The zero-order valence-electron chi connectivity index (χ0n) is 13.6. The van der Waals surface area contributed by atoms with Gasteiger partial charge in [0.05, 0.1) is 11.1 Å². The number of nitrogens with zero attached hydrogens (tertiary/aromatic N) is 1. The summed E-state index contributed by atoms with van der Waals surface area (Å²) in [6.45, 7) is 5.07. The molecule has 1 aromatic carbocycles. The lowest BCUT2D eigenvalue weighted by Crippen LogP contribution is -2.50. The van der Waals surface area contributed by atoms with Crippen LogP contribution in [-0.2, 0) is 0 Å². The fraction of sp³-hybridized carbons (Fsp3) is 0.471. The van der Waals surface area contributed by atoms with Crippen LogP contribution in [0.25, 0.3) is 0 Å². The maximum absolute atomic E-state index is 12.2. The molecule has 124 valence electrons. The normalized spacial score (nSPS) is 14.6. The molecule has 0 aromatic heterocycles. The summed E-state index contributed by atoms with van der Waals surface area (Å²) in [5.74, 6) is -0.197. The first-order chi connectivity index (χ1) is 11.1. The Bertz CT molecular complexity index is 568. The quantitative estimate of drug-likeness (QED) is 0.593. The predicted octanol–water partition coefficient (Wildman–Crippen LogP) is 2.88. The first-order valence-electron chi connectivity index (χ1n) is 8.10. The van der Waals surface area contributed by atoms with Crippen LogP contribution in [0.2, 0.25) is 0 Å². The lowest BCUT2D eigenvalue weighted by atomic mass is 9.99. The molecule has 6 heteroatoms. The third-order valence-electron chi connectivity index (χ3n) is 4.10. The minimum Gasteiger partial charge on any atom is -0.361 e. The minimum absolute atomic E-state index is 0.300. The van der Waals surface area contributed by atoms with Crippen LogP contribution in [-0.4, -0.2) is 28.5 Å². The van der Waals surface area contributed by atoms with Crippen molar-refractivity contribution < 1.29 is 9.59 Å². The average Bonchev–Trinajstić information content (AvgIpc) is 2.80. The lowest BCUT2D eigenvalue weighted by molar-refractivity contribution is 0.0611. The van der Waals surface area contributed by atoms with E-state index in [-0.39, 0.29) is 11.8 Å². The molecule has 1 atom stereocenters. The second kappa shape index (κ2) is 8.06. The Morgan fingerprint density at radius 1 is 1.17 bits per heavy atom. The highest BCUT2D eigenvalue weighted by molar-refractivity contribution is 7.80. The molecule has 0 fully saturated rings. The molecular formula is C17H23N3O2S. The number of benzene rings is 1. The van der Waals surface area contributed by atoms with Crippen molar-refractivity contribution >= 4 is 29.1 Å². The Balaban J connectivity index is 1.89. The van der Waals surface area contributed by atoms with Gasteiger partial charge >= 0.3 is 0 Å². The summed E-state index contributed by atoms with van der Waals surface area (Å²) in [5.41, 5.74) is 3.53. The van der Waals surface area contributed by atoms with E-state index in [1.165, 1.54) is 12.8 Å². The number of unbranched alkanes of at least 4 members (excludes halogenated alkanes) is 1. The van der Waals surface area contributed by atoms with Gasteiger partial charge < -0.3 is 5.32 Å². The Morgan fingerprint density at radius 3 is 2.30 bits per heavy atom. The number of hydrazine groups is 1. The fourth-order valence-electron chi connectivity index (χ4n) is 2.61. The van der Waals surface area contributed by atoms with Crippen LogP contribution < -0.4 is 10.7 Å². The number of fused-ring (bicyclic) bond motifs is 1. The van der Waals surface area contributed by atoms with E-state index in [1.54, 1.807) is 24.3 Å². The second-order valence-electron chi connectivity index (χ2n) is 5.73. The summed E-state index contributed by atoms with van der Waals surface area (Å²) < 4.78 is 0. The molecule has 2 N–H and O–H groups in total. The molecule has 1 heterocycles. The van der Waals surface area contributed by atoms with E-state index >= 15 is 0 Å². The van der Waals surface area contributed by atoms with Crippen molar-refractivity contribution in [2.45, 2.75) is 39.5 Å². The number of carbonyl (C=O) groups excluding carboxylic acids is 2. The third-order valence-corrected chi connectivity index (χ3v) is 4.34. The highest BCUT2D eigenvalue weighted by atomic mass is 32.1. The summed E-state index contributed by atoms with van der Waals surface area (Å²) >= 11 is 5.22. The van der Waals surface area contributed by atoms with Crippen LogP contribution in [0.4, 0.5) is 0 Å². The molecule has 0 saturated heterocycles. The van der Waals surface area contributed by atoms with Crippen molar-refractivity contribution in [2.75, 3.05) is 6.54 Å². The van der Waals surface area contributed by atoms with Crippen molar-refractivity contribution in [3.05, 3.63) is 35.4 Å². The summed E-state index contributed by atoms with van der Waals surface area (Å²) in [4.78, 5) is 24.5. The summed E-state index contributed by atoms with van der Waals surface area (Å²) in [7, 11) is 0. The van der Waals surface area contributed by atoms with E-state index in [4.69, 9.17) is 12.2 Å². The number of imide groups is 1. The van der Waals surface area contributed by atoms with Crippen LogP contribution >= 0.6 is 12.2 Å². The maximum Gasteiger partial charge on any atom is 0.280 e. The van der Waals surface area contributed by atoms with Crippen molar-refractivity contribution in [2.24, 2.45) is 5.92 Å². The van der Waals surface area contributed by atoms with Gasteiger partial charge in [-0.25, -0.2) is 0 Å². The molecule has 0 aliphatic carbocycles. The van der Waals surface area contributed by atoms with Gasteiger partial charge in [0.2, 0.25) is 0 Å². The molecule has 0 spiro atoms. The molecule has 0 saturated carbocycles. The van der Waals surface area contributed by atoms with Crippen molar-refractivity contribution in [1.82, 2.24) is 15.8 Å². The number of nitrogens with one attached hydrogen (secondary N) is 2. The second-order valence-corrected chi connectivity index (χ2v) is 6.14. The zero-order valence-corrected chi connectivity index (χ0v) is 14.4. The fourth-order valence-corrected chi connectivity index (χ4v) is 2.79. The monoisotopic (exact) mass is 333 g/mol. The number of carbonyl (C=O) groups is 2. The molecule has 2 rings (SSSR count). The van der Waals surface area contributed by atoms with Gasteiger partial charge in [-0.1, -0.05) is 45.2 Å². The van der Waals surface area contributed by atoms with Gasteiger partial charge in [-0.3, -0.25) is 15.0 Å². The highest BCUT2D eigenvalue weighted by Gasteiger charge is 2.35. The molecule has 1 aliphatic rings. The molecule has 1 aromatic rings. The lowest BCUT2D eigenvalue weighted by Gasteiger charge is -2.20. The van der Waals surface area contributed by atoms with E-state index in [1.807, 2.05) is 0 Å². The van der Waals surface area contributed by atoms with Crippen LogP contribution in [0.1, 0.15) is 60.2 Å². The molecule has 1 aliphatic heterocycles. The molecule has 0 unspecified atom stereocenters. The smallest absolute Gasteiger partial charge is 0.280 e. The minimum atomic E-state index is -0.368. The summed E-state index contributed by atoms with van der Waals surface area (Å²) in [6, 6.07) is 6.77. The van der Waals surface area contributed by atoms with Gasteiger partial charge in [0.15, 0.2) is 5.11 Å². The highest BCUT2D eigenvalue weighted by Crippen LogP contribution is 2.20. The Morgan fingerprint density at radius 2 is 1.78 bits per heavy atom. The standard InChI is InChI=1S/C17H23N3O2S/c1-3-5-8-12(4-2)11-18-17(23)19-20-15(21)13-9-6-7-10-14(13)16(20)22/h6-7,9-10,12H,3-5,8,11H2,1-2H3,(H2,18,19,23)/t12-/m0/s1. The first-order valence-corrected chi connectivity index (χ1v) is 8.51. The topological polar surface area (TPSA) is 61.4 Å². The van der Waals surface area contributed by atoms with Gasteiger partial charge in [0.1, 0.15) is 0 Å². The van der Waals surface area contributed by atoms with Crippen LogP contribution in [0.5, 0.6) is 0 Å². The van der Waals surface area contributed by atoms with Gasteiger partial charge in [0, 0.05) is 6.54 Å². The van der Waals surface area contributed by atoms with Crippen LogP contribution in [0.15, 0.2) is 24.3 Å². The number of hydrogen-bond donors (Lipinski definition) is 2. The maximum atomic E-state index is 12.2. The van der Waals surface area contributed by atoms with E-state index in [9.17, 15) is 9.59 Å². The van der Waals surface area contributed by atoms with Crippen molar-refractivity contribution in [1.29, 1.82) is 0 Å². The van der Waals surface area contributed by atoms with E-state index in [2.05, 4.69) is 24.6 Å². The van der Waals surface area contributed by atoms with Gasteiger partial charge in [-0.2, -0.15) is 5.01 Å². The van der Waals surface area contributed by atoms with Crippen molar-refractivity contribution in [3.63, 3.8) is 0 Å². The Hall–Kier alpha value is -1.95. The Kier molecular flexibility index (Phi) is 6.10. The molecule has 2 amide bonds. The molecular weight excluding hydrogens is 310 g/mol. The van der Waals surface area contributed by atoms with E-state index in [0.717, 1.165) is 24.4 Å². The van der Waals surface area contributed by atoms with Gasteiger partial charge in [-0.15, -0.1) is 0 Å². The number of hydrogen-bond acceptors (Lipinski definition) is 3. The van der Waals surface area contributed by atoms with Crippen LogP contribution in [0, 0.1) is 5.92 Å². The number of amides is 2. The number of rotatable bonds is 7. The van der Waals surface area contributed by atoms with E-state index < -0.39 is 0 Å². The zero-order chi connectivity index (χ0) is 16.8. The van der Waals surface area contributed by atoms with Gasteiger partial charge in [-0.05, 0) is 36.7 Å². The first kappa shape index (κ1) is 17.4. The largest absolute Gasteiger partial charge is 0.361 e. The van der Waals surface area contributed by atoms with Crippen LogP contribution in [0.3, 0.4) is 0 Å². The SMILES string of the molecule is CCCC[C@H](CC)CNC(=S)NN1C(=O)c2ccccc2C1=O. The molecule has 23 heavy (non-hydrogen) atoms. The summed E-state index contributed by atoms with van der Waals surface area (Å²) in [6.07, 6.45) is 4.59. The van der Waals surface area contributed by atoms with E-state index in [0.29, 0.717) is 22.2 Å². The average molecular weight is 333 g/mol. The third kappa shape index (κ3) is 4.07. The number of thiocarbonyl (C=S) groups is 1. The van der Waals surface area contributed by atoms with Gasteiger partial charge in [0.25, 0.3) is 11.8 Å². The molecule has 5 nitrogen and oxygen atoms in total. The summed E-state index contributed by atoms with van der Waals surface area (Å²) in [5, 5.41) is 4.39. The predicted molar refractivity (Wildman–Crippen MR) is 94.0 cm³/mol. The van der Waals surface area contributed by atoms with Crippen molar-refractivity contribution in [3.8, 4) is 0 Å². The Labute approximate surface area is 142 Å². The molecule has 0 bridgehead atoms.